The van der Waals surface area contributed by atoms with Gasteiger partial charge >= 0.3 is 0 Å². The van der Waals surface area contributed by atoms with E-state index >= 15 is 0 Å². The molecule has 0 atom stereocenters. The monoisotopic (exact) mass is 252 g/mol. The predicted molar refractivity (Wildman–Crippen MR) is 74.9 cm³/mol. The van der Waals surface area contributed by atoms with Crippen LogP contribution in [0.1, 0.15) is 31.7 Å². The molecule has 0 heterocycles. The number of nitrogens with one attached hydrogen (secondary N) is 1. The van der Waals surface area contributed by atoms with Gasteiger partial charge in [0.2, 0.25) is 0 Å². The zero-order valence-electron chi connectivity index (χ0n) is 10.7. The summed E-state index contributed by atoms with van der Waals surface area (Å²) in [5.41, 5.74) is 2.60. The van der Waals surface area contributed by atoms with Crippen molar-refractivity contribution in [2.75, 3.05) is 18.5 Å². The third kappa shape index (κ3) is 3.62. The second kappa shape index (κ2) is 5.74. The zero-order valence-corrected chi connectivity index (χ0v) is 11.4. The molecule has 1 N–H and O–H groups in total. The Morgan fingerprint density at radius 2 is 2.18 bits per heavy atom. The molecule has 0 spiro atoms. The van der Waals surface area contributed by atoms with Crippen LogP contribution in [0.5, 0.6) is 0 Å². The lowest BCUT2D eigenvalue weighted by Crippen LogP contribution is -2.22. The number of halogens is 1. The lowest BCUT2D eigenvalue weighted by Gasteiger charge is -2.22. The number of rotatable bonds is 6. The summed E-state index contributed by atoms with van der Waals surface area (Å²) in [5.74, 6) is 0. The molecule has 1 aliphatic carbocycles. The van der Waals surface area contributed by atoms with Crippen molar-refractivity contribution in [2.45, 2.75) is 38.8 Å². The van der Waals surface area contributed by atoms with E-state index in [0.717, 1.165) is 30.6 Å². The third-order valence-corrected chi connectivity index (χ3v) is 3.41. The topological polar surface area (TPSA) is 15.3 Å². The molecule has 0 aliphatic heterocycles. The van der Waals surface area contributed by atoms with Crippen LogP contribution in [0.4, 0.5) is 5.69 Å². The van der Waals surface area contributed by atoms with Gasteiger partial charge in [-0.2, -0.15) is 0 Å². The quantitative estimate of drug-likeness (QED) is 0.835. The summed E-state index contributed by atoms with van der Waals surface area (Å²) in [6.07, 6.45) is 3.81. The first-order valence-corrected chi connectivity index (χ1v) is 6.81. The van der Waals surface area contributed by atoms with E-state index in [-0.39, 0.29) is 0 Å². The highest BCUT2D eigenvalue weighted by atomic mass is 35.5. The summed E-state index contributed by atoms with van der Waals surface area (Å²) in [6.45, 7) is 4.21. The fraction of sp³-hybridized carbons (Fsp3) is 0.571. The van der Waals surface area contributed by atoms with Crippen LogP contribution in [-0.4, -0.2) is 19.6 Å². The van der Waals surface area contributed by atoms with Crippen LogP contribution in [0.2, 0.25) is 5.02 Å². The van der Waals surface area contributed by atoms with Crippen molar-refractivity contribution in [3.63, 3.8) is 0 Å². The fourth-order valence-corrected chi connectivity index (χ4v) is 2.21. The first kappa shape index (κ1) is 12.7. The summed E-state index contributed by atoms with van der Waals surface area (Å²) in [7, 11) is 2.13. The van der Waals surface area contributed by atoms with Gasteiger partial charge in [0.1, 0.15) is 0 Å². The standard InChI is InChI=1S/C14H21ClN2/c1-3-8-17(2)14-9-12(15)5-4-11(14)10-16-13-6-7-13/h4-5,9,13,16H,3,6-8,10H2,1-2H3. The van der Waals surface area contributed by atoms with Crippen LogP contribution in [0.3, 0.4) is 0 Å². The van der Waals surface area contributed by atoms with E-state index < -0.39 is 0 Å². The molecule has 0 bridgehead atoms. The van der Waals surface area contributed by atoms with Gasteiger partial charge in [-0.05, 0) is 37.0 Å². The van der Waals surface area contributed by atoms with Crippen LogP contribution in [-0.2, 0) is 6.54 Å². The molecule has 1 saturated carbocycles. The second-order valence-electron chi connectivity index (χ2n) is 4.85. The Bertz CT molecular complexity index is 374. The molecular formula is C14H21ClN2. The van der Waals surface area contributed by atoms with Gasteiger partial charge in [-0.1, -0.05) is 24.6 Å². The molecule has 94 valence electrons. The van der Waals surface area contributed by atoms with Crippen molar-refractivity contribution in [1.82, 2.24) is 5.32 Å². The van der Waals surface area contributed by atoms with Crippen LogP contribution in [0.25, 0.3) is 0 Å². The Labute approximate surface area is 109 Å². The van der Waals surface area contributed by atoms with Gasteiger partial charge in [-0.15, -0.1) is 0 Å². The van der Waals surface area contributed by atoms with Gasteiger partial charge < -0.3 is 10.2 Å². The first-order valence-electron chi connectivity index (χ1n) is 6.43. The van der Waals surface area contributed by atoms with E-state index in [1.165, 1.54) is 24.1 Å². The highest BCUT2D eigenvalue weighted by molar-refractivity contribution is 6.30. The van der Waals surface area contributed by atoms with Crippen molar-refractivity contribution in [3.05, 3.63) is 28.8 Å². The van der Waals surface area contributed by atoms with Crippen molar-refractivity contribution >= 4 is 17.3 Å². The zero-order chi connectivity index (χ0) is 12.3. The molecule has 0 saturated heterocycles. The molecule has 0 radical (unpaired) electrons. The van der Waals surface area contributed by atoms with Crippen LogP contribution in [0, 0.1) is 0 Å². The molecule has 1 aromatic carbocycles. The summed E-state index contributed by atoms with van der Waals surface area (Å²) < 4.78 is 0. The molecule has 0 amide bonds. The van der Waals surface area contributed by atoms with E-state index in [9.17, 15) is 0 Å². The molecule has 0 aromatic heterocycles. The number of hydrogen-bond acceptors (Lipinski definition) is 2. The van der Waals surface area contributed by atoms with E-state index in [1.807, 2.05) is 6.07 Å². The van der Waals surface area contributed by atoms with Gasteiger partial charge in [0.15, 0.2) is 0 Å². The Morgan fingerprint density at radius 1 is 1.41 bits per heavy atom. The van der Waals surface area contributed by atoms with Gasteiger partial charge in [0, 0.05) is 36.9 Å². The SMILES string of the molecule is CCCN(C)c1cc(Cl)ccc1CNC1CC1. The van der Waals surface area contributed by atoms with Crippen LogP contribution >= 0.6 is 11.6 Å². The van der Waals surface area contributed by atoms with Gasteiger partial charge in [0.05, 0.1) is 0 Å². The number of benzene rings is 1. The Morgan fingerprint density at radius 3 is 2.82 bits per heavy atom. The summed E-state index contributed by atoms with van der Waals surface area (Å²) >= 11 is 6.09. The molecule has 2 nitrogen and oxygen atoms in total. The Balaban J connectivity index is 2.10. The second-order valence-corrected chi connectivity index (χ2v) is 5.29. The molecule has 1 fully saturated rings. The summed E-state index contributed by atoms with van der Waals surface area (Å²) in [6, 6.07) is 6.93. The maximum absolute atomic E-state index is 6.09. The first-order chi connectivity index (χ1) is 8.20. The van der Waals surface area contributed by atoms with E-state index in [4.69, 9.17) is 11.6 Å². The molecule has 17 heavy (non-hydrogen) atoms. The van der Waals surface area contributed by atoms with Gasteiger partial charge in [-0.3, -0.25) is 0 Å². The minimum atomic E-state index is 0.745. The summed E-state index contributed by atoms with van der Waals surface area (Å²) in [5, 5.41) is 4.38. The Hall–Kier alpha value is -0.730. The third-order valence-electron chi connectivity index (χ3n) is 3.18. The predicted octanol–water partition coefficient (Wildman–Crippen LogP) is 3.44. The number of nitrogens with zero attached hydrogens (tertiary/aromatic N) is 1. The van der Waals surface area contributed by atoms with Crippen LogP contribution < -0.4 is 10.2 Å². The van der Waals surface area contributed by atoms with Crippen molar-refractivity contribution in [2.24, 2.45) is 0 Å². The van der Waals surface area contributed by atoms with Gasteiger partial charge in [0.25, 0.3) is 0 Å². The normalized spacial score (nSPS) is 15.0. The van der Waals surface area contributed by atoms with Crippen LogP contribution in [0.15, 0.2) is 18.2 Å². The molecule has 0 unspecified atom stereocenters. The maximum atomic E-state index is 6.09. The fourth-order valence-electron chi connectivity index (χ4n) is 2.04. The molecular weight excluding hydrogens is 232 g/mol. The largest absolute Gasteiger partial charge is 0.374 e. The summed E-state index contributed by atoms with van der Waals surface area (Å²) in [4.78, 5) is 2.29. The maximum Gasteiger partial charge on any atom is 0.0426 e. The van der Waals surface area contributed by atoms with Gasteiger partial charge in [-0.25, -0.2) is 0 Å². The highest BCUT2D eigenvalue weighted by Gasteiger charge is 2.20. The lowest BCUT2D eigenvalue weighted by molar-refractivity contribution is 0.685. The Kier molecular flexibility index (Phi) is 4.30. The van der Waals surface area contributed by atoms with E-state index in [0.29, 0.717) is 0 Å². The van der Waals surface area contributed by atoms with Crippen molar-refractivity contribution < 1.29 is 0 Å². The lowest BCUT2D eigenvalue weighted by atomic mass is 10.1. The average Bonchev–Trinajstić information content (AvgIpc) is 3.11. The number of anilines is 1. The minimum absolute atomic E-state index is 0.745. The van der Waals surface area contributed by atoms with E-state index in [1.54, 1.807) is 0 Å². The van der Waals surface area contributed by atoms with Crippen molar-refractivity contribution in [1.29, 1.82) is 0 Å². The minimum Gasteiger partial charge on any atom is -0.374 e. The molecule has 2 rings (SSSR count). The average molecular weight is 253 g/mol. The van der Waals surface area contributed by atoms with Crippen molar-refractivity contribution in [3.8, 4) is 0 Å². The molecule has 1 aromatic rings. The highest BCUT2D eigenvalue weighted by Crippen LogP contribution is 2.26. The molecule has 1 aliphatic rings. The molecule has 3 heteroatoms. The smallest absolute Gasteiger partial charge is 0.0426 e. The number of hydrogen-bond donors (Lipinski definition) is 1. The van der Waals surface area contributed by atoms with E-state index in [2.05, 4.69) is 36.3 Å².